The second kappa shape index (κ2) is 6.60. The van der Waals surface area contributed by atoms with E-state index in [4.69, 9.17) is 22.9 Å². The van der Waals surface area contributed by atoms with Gasteiger partial charge in [0.15, 0.2) is 0 Å². The Morgan fingerprint density at radius 1 is 0.667 bits per heavy atom. The number of benzene rings is 2. The largest absolute Gasteiger partial charge is 0.399 e. The molecule has 0 saturated carbocycles. The van der Waals surface area contributed by atoms with Gasteiger partial charge in [-0.1, -0.05) is 0 Å². The van der Waals surface area contributed by atoms with E-state index in [2.05, 4.69) is 10.6 Å². The molecule has 21 heavy (non-hydrogen) atoms. The summed E-state index contributed by atoms with van der Waals surface area (Å²) in [7, 11) is 0. The lowest BCUT2D eigenvalue weighted by Crippen LogP contribution is -2.11. The molecule has 0 radical (unpaired) electrons. The number of nitrogens with one attached hydrogen (secondary N) is 2. The van der Waals surface area contributed by atoms with Crippen LogP contribution in [0, 0.1) is 0 Å². The second-order valence-electron chi connectivity index (χ2n) is 4.90. The molecule has 0 bridgehead atoms. The Labute approximate surface area is 124 Å². The second-order valence-corrected chi connectivity index (χ2v) is 4.90. The zero-order chi connectivity index (χ0) is 15.2. The van der Waals surface area contributed by atoms with Gasteiger partial charge in [-0.25, -0.2) is 0 Å². The van der Waals surface area contributed by atoms with Gasteiger partial charge in [0.25, 0.3) is 0 Å². The Bertz CT molecular complexity index is 558. The van der Waals surface area contributed by atoms with Gasteiger partial charge in [-0.2, -0.15) is 0 Å². The normalized spacial score (nSPS) is 10.3. The first-order chi connectivity index (χ1) is 10.1. The first-order valence-electron chi connectivity index (χ1n) is 6.84. The summed E-state index contributed by atoms with van der Waals surface area (Å²) in [5.41, 5.74) is 27.5. The molecular weight excluding hydrogens is 264 g/mol. The van der Waals surface area contributed by atoms with E-state index in [1.807, 2.05) is 24.3 Å². The van der Waals surface area contributed by atoms with E-state index in [9.17, 15) is 0 Å². The lowest BCUT2D eigenvalue weighted by Gasteiger charge is -2.12. The molecule has 0 aliphatic carbocycles. The van der Waals surface area contributed by atoms with Crippen molar-refractivity contribution in [2.45, 2.75) is 6.42 Å². The van der Waals surface area contributed by atoms with E-state index >= 15 is 0 Å². The smallest absolute Gasteiger partial charge is 0.0575 e. The highest BCUT2D eigenvalue weighted by Crippen LogP contribution is 2.22. The van der Waals surface area contributed by atoms with E-state index in [0.717, 1.165) is 30.9 Å². The van der Waals surface area contributed by atoms with Crippen molar-refractivity contribution in [3.05, 3.63) is 36.4 Å². The van der Waals surface area contributed by atoms with Crippen molar-refractivity contribution in [3.8, 4) is 0 Å². The fraction of sp³-hybridized carbons (Fsp3) is 0.200. The van der Waals surface area contributed by atoms with Crippen molar-refractivity contribution in [1.82, 2.24) is 0 Å². The summed E-state index contributed by atoms with van der Waals surface area (Å²) in [5, 5.41) is 6.56. The molecule has 0 saturated heterocycles. The van der Waals surface area contributed by atoms with E-state index < -0.39 is 0 Å². The third kappa shape index (κ3) is 4.10. The van der Waals surface area contributed by atoms with Gasteiger partial charge in [-0.15, -0.1) is 0 Å². The third-order valence-corrected chi connectivity index (χ3v) is 3.14. The standard InChI is InChI=1S/C15H22N6/c16-10-2-4-14(12(18)8-10)20-6-1-7-21-15-5-3-11(17)9-13(15)19/h2-5,8-9,20-21H,1,6-7,16-19H2. The van der Waals surface area contributed by atoms with Crippen LogP contribution in [0.2, 0.25) is 0 Å². The van der Waals surface area contributed by atoms with Gasteiger partial charge in [-0.05, 0) is 42.8 Å². The summed E-state index contributed by atoms with van der Waals surface area (Å²) in [6.45, 7) is 1.60. The highest BCUT2D eigenvalue weighted by Gasteiger charge is 2.00. The Morgan fingerprint density at radius 3 is 1.48 bits per heavy atom. The molecule has 6 heteroatoms. The molecule has 0 amide bonds. The summed E-state index contributed by atoms with van der Waals surface area (Å²) in [5.74, 6) is 0. The van der Waals surface area contributed by atoms with Gasteiger partial charge in [0, 0.05) is 24.5 Å². The first kappa shape index (κ1) is 14.6. The number of hydrogen-bond acceptors (Lipinski definition) is 6. The molecular formula is C15H22N6. The number of hydrogen-bond donors (Lipinski definition) is 6. The van der Waals surface area contributed by atoms with Gasteiger partial charge < -0.3 is 33.6 Å². The van der Waals surface area contributed by atoms with Crippen LogP contribution in [0.5, 0.6) is 0 Å². The quantitative estimate of drug-likeness (QED) is 0.355. The molecule has 0 fully saturated rings. The first-order valence-corrected chi connectivity index (χ1v) is 6.84. The molecule has 0 aliphatic rings. The van der Waals surface area contributed by atoms with Gasteiger partial charge in [0.2, 0.25) is 0 Å². The van der Waals surface area contributed by atoms with Crippen LogP contribution in [0.4, 0.5) is 34.1 Å². The molecule has 2 aromatic carbocycles. The molecule has 0 unspecified atom stereocenters. The average molecular weight is 286 g/mol. The predicted molar refractivity (Wildman–Crippen MR) is 92.1 cm³/mol. The number of nitrogens with two attached hydrogens (primary N) is 4. The van der Waals surface area contributed by atoms with Crippen molar-refractivity contribution >= 4 is 34.1 Å². The monoisotopic (exact) mass is 286 g/mol. The van der Waals surface area contributed by atoms with Gasteiger partial charge in [-0.3, -0.25) is 0 Å². The lowest BCUT2D eigenvalue weighted by atomic mass is 10.2. The SMILES string of the molecule is Nc1ccc(NCCCNc2ccc(N)cc2N)c(N)c1. The van der Waals surface area contributed by atoms with Crippen molar-refractivity contribution < 1.29 is 0 Å². The fourth-order valence-corrected chi connectivity index (χ4v) is 2.02. The van der Waals surface area contributed by atoms with Crippen LogP contribution in [-0.2, 0) is 0 Å². The van der Waals surface area contributed by atoms with Crippen molar-refractivity contribution in [1.29, 1.82) is 0 Å². The maximum absolute atomic E-state index is 5.87. The summed E-state index contributed by atoms with van der Waals surface area (Å²) < 4.78 is 0. The molecule has 0 atom stereocenters. The van der Waals surface area contributed by atoms with Crippen LogP contribution in [0.3, 0.4) is 0 Å². The predicted octanol–water partition coefficient (Wildman–Crippen LogP) is 1.93. The minimum atomic E-state index is 0.658. The summed E-state index contributed by atoms with van der Waals surface area (Å²) in [6, 6.07) is 10.9. The Morgan fingerprint density at radius 2 is 1.10 bits per heavy atom. The van der Waals surface area contributed by atoms with Crippen LogP contribution in [0.25, 0.3) is 0 Å². The van der Waals surface area contributed by atoms with Crippen LogP contribution < -0.4 is 33.6 Å². The molecule has 10 N–H and O–H groups in total. The zero-order valence-electron chi connectivity index (χ0n) is 11.9. The molecule has 0 heterocycles. The maximum atomic E-state index is 5.87. The highest BCUT2D eigenvalue weighted by molar-refractivity contribution is 5.71. The summed E-state index contributed by atoms with van der Waals surface area (Å²) >= 11 is 0. The maximum Gasteiger partial charge on any atom is 0.0575 e. The van der Waals surface area contributed by atoms with E-state index in [-0.39, 0.29) is 0 Å². The molecule has 0 aromatic heterocycles. The van der Waals surface area contributed by atoms with Crippen molar-refractivity contribution in [2.75, 3.05) is 46.7 Å². The van der Waals surface area contributed by atoms with Gasteiger partial charge >= 0.3 is 0 Å². The Kier molecular flexibility index (Phi) is 4.61. The summed E-state index contributed by atoms with van der Waals surface area (Å²) in [6.07, 6.45) is 0.924. The van der Waals surface area contributed by atoms with Gasteiger partial charge in [0.1, 0.15) is 0 Å². The Balaban J connectivity index is 1.75. The van der Waals surface area contributed by atoms with Crippen LogP contribution in [-0.4, -0.2) is 13.1 Å². The van der Waals surface area contributed by atoms with Crippen LogP contribution >= 0.6 is 0 Å². The lowest BCUT2D eigenvalue weighted by molar-refractivity contribution is 0.910. The number of rotatable bonds is 6. The Hall–Kier alpha value is -2.76. The molecule has 0 spiro atoms. The van der Waals surface area contributed by atoms with E-state index in [0.29, 0.717) is 22.7 Å². The number of nitrogen functional groups attached to an aromatic ring is 4. The van der Waals surface area contributed by atoms with Crippen molar-refractivity contribution in [2.24, 2.45) is 0 Å². The minimum Gasteiger partial charge on any atom is -0.399 e. The molecule has 112 valence electrons. The topological polar surface area (TPSA) is 128 Å². The van der Waals surface area contributed by atoms with Crippen LogP contribution in [0.15, 0.2) is 36.4 Å². The summed E-state index contributed by atoms with van der Waals surface area (Å²) in [4.78, 5) is 0. The average Bonchev–Trinajstić information content (AvgIpc) is 2.42. The van der Waals surface area contributed by atoms with E-state index in [1.54, 1.807) is 12.1 Å². The third-order valence-electron chi connectivity index (χ3n) is 3.14. The zero-order valence-corrected chi connectivity index (χ0v) is 11.9. The molecule has 2 rings (SSSR count). The van der Waals surface area contributed by atoms with Crippen LogP contribution in [0.1, 0.15) is 6.42 Å². The van der Waals surface area contributed by atoms with E-state index in [1.165, 1.54) is 0 Å². The fourth-order valence-electron chi connectivity index (χ4n) is 2.02. The van der Waals surface area contributed by atoms with Crippen molar-refractivity contribution in [3.63, 3.8) is 0 Å². The highest BCUT2D eigenvalue weighted by atomic mass is 14.9. The molecule has 0 aliphatic heterocycles. The van der Waals surface area contributed by atoms with Gasteiger partial charge in [0.05, 0.1) is 22.7 Å². The molecule has 2 aromatic rings. The molecule has 6 nitrogen and oxygen atoms in total. The number of anilines is 6. The minimum absolute atomic E-state index is 0.658.